The van der Waals surface area contributed by atoms with E-state index in [-0.39, 0.29) is 0 Å². The molecule has 21 heavy (non-hydrogen) atoms. The lowest BCUT2D eigenvalue weighted by atomic mass is 9.92. The van der Waals surface area contributed by atoms with Crippen LogP contribution in [0.15, 0.2) is 24.3 Å². The van der Waals surface area contributed by atoms with Crippen molar-refractivity contribution in [2.45, 2.75) is 51.7 Å². The van der Waals surface area contributed by atoms with Crippen LogP contribution in [-0.4, -0.2) is 32.4 Å². The number of rotatable bonds is 8. The minimum Gasteiger partial charge on any atom is -0.496 e. The minimum absolute atomic E-state index is 0.443. The largest absolute Gasteiger partial charge is 0.496 e. The van der Waals surface area contributed by atoms with Gasteiger partial charge in [0, 0.05) is 12.6 Å². The Labute approximate surface area is 129 Å². The first kappa shape index (κ1) is 16.3. The summed E-state index contributed by atoms with van der Waals surface area (Å²) < 4.78 is 11.3. The average Bonchev–Trinajstić information content (AvgIpc) is 2.98. The molecular formula is C18H29NO2. The van der Waals surface area contributed by atoms with Crippen molar-refractivity contribution in [1.82, 2.24) is 5.32 Å². The number of benzene rings is 1. The molecule has 118 valence electrons. The lowest BCUT2D eigenvalue weighted by Gasteiger charge is -2.23. The second kappa shape index (κ2) is 8.40. The summed E-state index contributed by atoms with van der Waals surface area (Å²) in [5, 5.41) is 3.58. The molecule has 2 atom stereocenters. The Hall–Kier alpha value is -1.06. The predicted molar refractivity (Wildman–Crippen MR) is 86.9 cm³/mol. The SMILES string of the molecule is COc1ccccc1CC(CNC(C)C)CC1CCCO1. The molecule has 1 aromatic rings. The summed E-state index contributed by atoms with van der Waals surface area (Å²) in [6.45, 7) is 6.37. The van der Waals surface area contributed by atoms with Gasteiger partial charge in [-0.15, -0.1) is 0 Å². The van der Waals surface area contributed by atoms with Crippen molar-refractivity contribution in [2.24, 2.45) is 5.92 Å². The fourth-order valence-electron chi connectivity index (χ4n) is 3.03. The molecule has 1 aliphatic heterocycles. The second-order valence-corrected chi connectivity index (χ2v) is 6.32. The summed E-state index contributed by atoms with van der Waals surface area (Å²) in [5.74, 6) is 1.59. The maximum absolute atomic E-state index is 5.83. The smallest absolute Gasteiger partial charge is 0.122 e. The molecule has 1 aliphatic rings. The van der Waals surface area contributed by atoms with Gasteiger partial charge in [-0.3, -0.25) is 0 Å². The van der Waals surface area contributed by atoms with Gasteiger partial charge in [0.2, 0.25) is 0 Å². The average molecular weight is 291 g/mol. The highest BCUT2D eigenvalue weighted by atomic mass is 16.5. The van der Waals surface area contributed by atoms with Gasteiger partial charge in [-0.1, -0.05) is 32.0 Å². The van der Waals surface area contributed by atoms with Crippen LogP contribution in [0.1, 0.15) is 38.7 Å². The molecular weight excluding hydrogens is 262 g/mol. The molecule has 0 radical (unpaired) electrons. The van der Waals surface area contributed by atoms with E-state index in [1.54, 1.807) is 7.11 Å². The fourth-order valence-corrected chi connectivity index (χ4v) is 3.03. The second-order valence-electron chi connectivity index (χ2n) is 6.32. The molecule has 1 N–H and O–H groups in total. The Morgan fingerprint density at radius 3 is 2.81 bits per heavy atom. The highest BCUT2D eigenvalue weighted by Gasteiger charge is 2.22. The first-order valence-corrected chi connectivity index (χ1v) is 8.16. The number of hydrogen-bond donors (Lipinski definition) is 1. The Kier molecular flexibility index (Phi) is 6.52. The molecule has 3 heteroatoms. The van der Waals surface area contributed by atoms with Crippen molar-refractivity contribution in [3.63, 3.8) is 0 Å². The molecule has 2 rings (SSSR count). The molecule has 1 saturated heterocycles. The van der Waals surface area contributed by atoms with Crippen molar-refractivity contribution in [2.75, 3.05) is 20.3 Å². The van der Waals surface area contributed by atoms with Gasteiger partial charge in [0.1, 0.15) is 5.75 Å². The quantitative estimate of drug-likeness (QED) is 0.796. The lowest BCUT2D eigenvalue weighted by Crippen LogP contribution is -2.31. The van der Waals surface area contributed by atoms with Crippen LogP contribution in [-0.2, 0) is 11.2 Å². The van der Waals surface area contributed by atoms with Gasteiger partial charge in [0.15, 0.2) is 0 Å². The minimum atomic E-state index is 0.443. The monoisotopic (exact) mass is 291 g/mol. The van der Waals surface area contributed by atoms with E-state index in [1.165, 1.54) is 18.4 Å². The van der Waals surface area contributed by atoms with E-state index < -0.39 is 0 Å². The van der Waals surface area contributed by atoms with E-state index in [0.717, 1.165) is 31.7 Å². The zero-order valence-corrected chi connectivity index (χ0v) is 13.6. The molecule has 0 aromatic heterocycles. The summed E-state index contributed by atoms with van der Waals surface area (Å²) in [4.78, 5) is 0. The highest BCUT2D eigenvalue weighted by Crippen LogP contribution is 2.26. The third-order valence-corrected chi connectivity index (χ3v) is 4.14. The molecule has 1 fully saturated rings. The number of nitrogens with one attached hydrogen (secondary N) is 1. The molecule has 3 nitrogen and oxygen atoms in total. The summed E-state index contributed by atoms with van der Waals surface area (Å²) in [7, 11) is 1.75. The van der Waals surface area contributed by atoms with Gasteiger partial charge in [-0.2, -0.15) is 0 Å². The molecule has 0 bridgehead atoms. The Morgan fingerprint density at radius 2 is 2.14 bits per heavy atom. The molecule has 0 aliphatic carbocycles. The molecule has 0 amide bonds. The molecule has 0 spiro atoms. The van der Waals surface area contributed by atoms with Crippen molar-refractivity contribution in [3.8, 4) is 5.75 Å². The van der Waals surface area contributed by atoms with Gasteiger partial charge >= 0.3 is 0 Å². The Bertz CT molecular complexity index is 413. The van der Waals surface area contributed by atoms with Crippen LogP contribution in [0.2, 0.25) is 0 Å². The van der Waals surface area contributed by atoms with Crippen LogP contribution in [0.5, 0.6) is 5.75 Å². The van der Waals surface area contributed by atoms with Gasteiger partial charge in [-0.25, -0.2) is 0 Å². The zero-order chi connectivity index (χ0) is 15.1. The molecule has 0 saturated carbocycles. The summed E-state index contributed by atoms with van der Waals surface area (Å²) in [5.41, 5.74) is 1.30. The summed E-state index contributed by atoms with van der Waals surface area (Å²) >= 11 is 0. The van der Waals surface area contributed by atoms with E-state index in [2.05, 4.69) is 31.3 Å². The third kappa shape index (κ3) is 5.33. The van der Waals surface area contributed by atoms with Crippen molar-refractivity contribution >= 4 is 0 Å². The Balaban J connectivity index is 1.99. The molecule has 1 aromatic carbocycles. The topological polar surface area (TPSA) is 30.5 Å². The zero-order valence-electron chi connectivity index (χ0n) is 13.6. The number of ether oxygens (including phenoxy) is 2. The van der Waals surface area contributed by atoms with E-state index >= 15 is 0 Å². The van der Waals surface area contributed by atoms with Crippen LogP contribution in [0.25, 0.3) is 0 Å². The third-order valence-electron chi connectivity index (χ3n) is 4.14. The maximum Gasteiger partial charge on any atom is 0.122 e. The van der Waals surface area contributed by atoms with Gasteiger partial charge < -0.3 is 14.8 Å². The van der Waals surface area contributed by atoms with Crippen molar-refractivity contribution < 1.29 is 9.47 Å². The fraction of sp³-hybridized carbons (Fsp3) is 0.667. The van der Waals surface area contributed by atoms with Crippen molar-refractivity contribution in [3.05, 3.63) is 29.8 Å². The van der Waals surface area contributed by atoms with Crippen LogP contribution in [0.3, 0.4) is 0 Å². The Morgan fingerprint density at radius 1 is 1.33 bits per heavy atom. The van der Waals surface area contributed by atoms with E-state index in [4.69, 9.17) is 9.47 Å². The lowest BCUT2D eigenvalue weighted by molar-refractivity contribution is 0.0888. The first-order valence-electron chi connectivity index (χ1n) is 8.16. The van der Waals surface area contributed by atoms with Gasteiger partial charge in [0.25, 0.3) is 0 Å². The summed E-state index contributed by atoms with van der Waals surface area (Å²) in [6.07, 6.45) is 5.05. The van der Waals surface area contributed by atoms with E-state index in [1.807, 2.05) is 12.1 Å². The maximum atomic E-state index is 5.83. The normalized spacial score (nSPS) is 19.9. The number of hydrogen-bond acceptors (Lipinski definition) is 3. The molecule has 2 unspecified atom stereocenters. The van der Waals surface area contributed by atoms with Crippen LogP contribution in [0, 0.1) is 5.92 Å². The summed E-state index contributed by atoms with van der Waals surface area (Å²) in [6, 6.07) is 8.88. The van der Waals surface area contributed by atoms with Crippen molar-refractivity contribution in [1.29, 1.82) is 0 Å². The van der Waals surface area contributed by atoms with Crippen LogP contribution in [0.4, 0.5) is 0 Å². The van der Waals surface area contributed by atoms with Gasteiger partial charge in [0.05, 0.1) is 13.2 Å². The van der Waals surface area contributed by atoms with E-state index in [9.17, 15) is 0 Å². The predicted octanol–water partition coefficient (Wildman–Crippen LogP) is 3.42. The van der Waals surface area contributed by atoms with Crippen LogP contribution < -0.4 is 10.1 Å². The highest BCUT2D eigenvalue weighted by molar-refractivity contribution is 5.33. The number of para-hydroxylation sites is 1. The molecule has 1 heterocycles. The first-order chi connectivity index (χ1) is 10.2. The number of methoxy groups -OCH3 is 1. The van der Waals surface area contributed by atoms with E-state index in [0.29, 0.717) is 18.1 Å². The van der Waals surface area contributed by atoms with Crippen LogP contribution >= 0.6 is 0 Å². The van der Waals surface area contributed by atoms with Gasteiger partial charge in [-0.05, 0) is 49.8 Å². The standard InChI is InChI=1S/C18H29NO2/c1-14(2)19-13-15(12-17-8-6-10-21-17)11-16-7-4-5-9-18(16)20-3/h4-5,7,9,14-15,17,19H,6,8,10-13H2,1-3H3.